The maximum atomic E-state index is 12.4. The molecule has 0 spiro atoms. The molecule has 112 valence electrons. The van der Waals surface area contributed by atoms with E-state index in [1.54, 1.807) is 4.90 Å². The van der Waals surface area contributed by atoms with Crippen LogP contribution in [0.1, 0.15) is 46.0 Å². The first kappa shape index (κ1) is 14.8. The molecule has 2 saturated heterocycles. The van der Waals surface area contributed by atoms with Crippen molar-refractivity contribution in [2.24, 2.45) is 0 Å². The van der Waals surface area contributed by atoms with Crippen molar-refractivity contribution in [1.82, 2.24) is 15.1 Å². The summed E-state index contributed by atoms with van der Waals surface area (Å²) in [5.74, 6) is -0.394. The molecule has 4 amide bonds. The maximum Gasteiger partial charge on any atom is 0.325 e. The van der Waals surface area contributed by atoms with Crippen LogP contribution in [0.25, 0.3) is 0 Å². The molecule has 0 aromatic carbocycles. The van der Waals surface area contributed by atoms with Crippen LogP contribution < -0.4 is 5.32 Å². The van der Waals surface area contributed by atoms with E-state index in [0.717, 1.165) is 37.3 Å². The van der Waals surface area contributed by atoms with Gasteiger partial charge in [0.25, 0.3) is 5.91 Å². The number of hydrogen-bond acceptors (Lipinski definition) is 3. The zero-order chi connectivity index (χ0) is 14.8. The molecule has 2 aliphatic rings. The Morgan fingerprint density at radius 1 is 1.15 bits per heavy atom. The van der Waals surface area contributed by atoms with Gasteiger partial charge in [-0.1, -0.05) is 13.8 Å². The van der Waals surface area contributed by atoms with E-state index in [0.29, 0.717) is 12.8 Å². The Morgan fingerprint density at radius 2 is 1.75 bits per heavy atom. The van der Waals surface area contributed by atoms with Crippen molar-refractivity contribution in [2.75, 3.05) is 19.6 Å². The van der Waals surface area contributed by atoms with Crippen molar-refractivity contribution in [3.05, 3.63) is 0 Å². The van der Waals surface area contributed by atoms with Gasteiger partial charge >= 0.3 is 6.03 Å². The van der Waals surface area contributed by atoms with Crippen LogP contribution in [0.3, 0.4) is 0 Å². The van der Waals surface area contributed by atoms with Crippen molar-refractivity contribution in [2.45, 2.75) is 51.5 Å². The van der Waals surface area contributed by atoms with E-state index < -0.39 is 11.6 Å². The number of nitrogens with zero attached hydrogens (tertiary/aromatic N) is 2. The zero-order valence-electron chi connectivity index (χ0n) is 12.3. The highest BCUT2D eigenvalue weighted by Gasteiger charge is 2.49. The van der Waals surface area contributed by atoms with Gasteiger partial charge in [-0.25, -0.2) is 4.79 Å². The van der Waals surface area contributed by atoms with Crippen LogP contribution in [0.4, 0.5) is 4.79 Å². The normalized spacial score (nSPS) is 22.1. The fraction of sp³-hybridized carbons (Fsp3) is 0.786. The summed E-state index contributed by atoms with van der Waals surface area (Å²) >= 11 is 0. The number of carbonyl (C=O) groups excluding carboxylic acids is 3. The van der Waals surface area contributed by atoms with Crippen LogP contribution in [-0.4, -0.2) is 52.8 Å². The number of amides is 4. The minimum atomic E-state index is -0.820. The molecule has 0 aliphatic carbocycles. The maximum absolute atomic E-state index is 12.4. The number of nitrogens with one attached hydrogen (secondary N) is 1. The molecule has 2 fully saturated rings. The summed E-state index contributed by atoms with van der Waals surface area (Å²) in [6, 6.07) is -0.441. The average molecular weight is 281 g/mol. The van der Waals surface area contributed by atoms with E-state index >= 15 is 0 Å². The SMILES string of the molecule is CCC1(CC)NC(=O)N(CC(=O)N2CCCCC2)C1=O. The van der Waals surface area contributed by atoms with Gasteiger partial charge in [0.1, 0.15) is 12.1 Å². The Kier molecular flexibility index (Phi) is 4.30. The van der Waals surface area contributed by atoms with Crippen LogP contribution in [0.5, 0.6) is 0 Å². The van der Waals surface area contributed by atoms with Crippen LogP contribution in [0.2, 0.25) is 0 Å². The topological polar surface area (TPSA) is 69.7 Å². The molecular formula is C14H23N3O3. The lowest BCUT2D eigenvalue weighted by molar-refractivity contribution is -0.139. The molecule has 20 heavy (non-hydrogen) atoms. The second-order valence-corrected chi connectivity index (χ2v) is 5.55. The number of hydrogen-bond donors (Lipinski definition) is 1. The van der Waals surface area contributed by atoms with Gasteiger partial charge in [-0.3, -0.25) is 14.5 Å². The largest absolute Gasteiger partial charge is 0.341 e. The lowest BCUT2D eigenvalue weighted by Crippen LogP contribution is -2.47. The Labute approximate surface area is 119 Å². The van der Waals surface area contributed by atoms with Crippen molar-refractivity contribution >= 4 is 17.8 Å². The molecule has 0 aromatic heterocycles. The zero-order valence-corrected chi connectivity index (χ0v) is 12.3. The first-order chi connectivity index (χ1) is 9.54. The molecule has 1 N–H and O–H groups in total. The number of carbonyl (C=O) groups is 3. The lowest BCUT2D eigenvalue weighted by Gasteiger charge is -2.28. The molecule has 0 bridgehead atoms. The number of likely N-dealkylation sites (tertiary alicyclic amines) is 1. The Bertz CT molecular complexity index is 412. The highest BCUT2D eigenvalue weighted by Crippen LogP contribution is 2.25. The number of rotatable bonds is 4. The van der Waals surface area contributed by atoms with Crippen LogP contribution >= 0.6 is 0 Å². The fourth-order valence-electron chi connectivity index (χ4n) is 2.93. The van der Waals surface area contributed by atoms with Gasteiger partial charge in [0, 0.05) is 13.1 Å². The third-order valence-electron chi connectivity index (χ3n) is 4.46. The van der Waals surface area contributed by atoms with Gasteiger partial charge < -0.3 is 10.2 Å². The summed E-state index contributed by atoms with van der Waals surface area (Å²) in [5, 5.41) is 2.74. The molecule has 2 aliphatic heterocycles. The number of piperidine rings is 1. The molecule has 0 saturated carbocycles. The second-order valence-electron chi connectivity index (χ2n) is 5.55. The minimum absolute atomic E-state index is 0.129. The van der Waals surface area contributed by atoms with Gasteiger partial charge in [0.15, 0.2) is 0 Å². The van der Waals surface area contributed by atoms with E-state index in [2.05, 4.69) is 5.32 Å². The molecule has 0 atom stereocenters. The molecule has 6 nitrogen and oxygen atoms in total. The van der Waals surface area contributed by atoms with E-state index in [-0.39, 0.29) is 18.4 Å². The first-order valence-electron chi connectivity index (χ1n) is 7.46. The lowest BCUT2D eigenvalue weighted by atomic mass is 9.93. The van der Waals surface area contributed by atoms with Crippen molar-refractivity contribution in [1.29, 1.82) is 0 Å². The molecule has 0 unspecified atom stereocenters. The molecule has 2 rings (SSSR count). The monoisotopic (exact) mass is 281 g/mol. The predicted molar refractivity (Wildman–Crippen MR) is 74.0 cm³/mol. The third-order valence-corrected chi connectivity index (χ3v) is 4.46. The van der Waals surface area contributed by atoms with Gasteiger partial charge in [0.05, 0.1) is 0 Å². The summed E-state index contributed by atoms with van der Waals surface area (Å²) in [4.78, 5) is 39.4. The Balaban J connectivity index is 2.03. The smallest absolute Gasteiger partial charge is 0.325 e. The molecule has 2 heterocycles. The van der Waals surface area contributed by atoms with E-state index in [9.17, 15) is 14.4 Å². The Morgan fingerprint density at radius 3 is 2.25 bits per heavy atom. The number of urea groups is 1. The summed E-state index contributed by atoms with van der Waals surface area (Å²) in [6.45, 7) is 5.08. The van der Waals surface area contributed by atoms with Crippen molar-refractivity contribution in [3.63, 3.8) is 0 Å². The Hall–Kier alpha value is -1.59. The highest BCUT2D eigenvalue weighted by atomic mass is 16.2. The average Bonchev–Trinajstić information content (AvgIpc) is 2.72. The van der Waals surface area contributed by atoms with Crippen LogP contribution in [0, 0.1) is 0 Å². The molecular weight excluding hydrogens is 258 g/mol. The van der Waals surface area contributed by atoms with Crippen LogP contribution in [0.15, 0.2) is 0 Å². The third kappa shape index (κ3) is 2.51. The quantitative estimate of drug-likeness (QED) is 0.785. The van der Waals surface area contributed by atoms with Gasteiger partial charge in [0.2, 0.25) is 5.91 Å². The summed E-state index contributed by atoms with van der Waals surface area (Å²) in [6.07, 6.45) is 4.23. The predicted octanol–water partition coefficient (Wildman–Crippen LogP) is 1.11. The highest BCUT2D eigenvalue weighted by molar-refractivity contribution is 6.08. The van der Waals surface area contributed by atoms with E-state index in [1.807, 2.05) is 13.8 Å². The minimum Gasteiger partial charge on any atom is -0.341 e. The molecule has 0 radical (unpaired) electrons. The first-order valence-corrected chi connectivity index (χ1v) is 7.46. The van der Waals surface area contributed by atoms with Crippen LogP contribution in [-0.2, 0) is 9.59 Å². The van der Waals surface area contributed by atoms with E-state index in [4.69, 9.17) is 0 Å². The van der Waals surface area contributed by atoms with Gasteiger partial charge in [-0.05, 0) is 32.1 Å². The second kappa shape index (κ2) is 5.81. The molecule has 0 aromatic rings. The standard InChI is InChI=1S/C14H23N3O3/c1-3-14(4-2)12(19)17(13(20)15-14)10-11(18)16-8-6-5-7-9-16/h3-10H2,1-2H3,(H,15,20). The van der Waals surface area contributed by atoms with Gasteiger partial charge in [-0.2, -0.15) is 0 Å². The van der Waals surface area contributed by atoms with E-state index in [1.165, 1.54) is 0 Å². The van der Waals surface area contributed by atoms with Gasteiger partial charge in [-0.15, -0.1) is 0 Å². The fourth-order valence-corrected chi connectivity index (χ4v) is 2.93. The summed E-state index contributed by atoms with van der Waals surface area (Å²) in [5.41, 5.74) is -0.820. The summed E-state index contributed by atoms with van der Waals surface area (Å²) < 4.78 is 0. The number of imide groups is 1. The van der Waals surface area contributed by atoms with Crippen molar-refractivity contribution < 1.29 is 14.4 Å². The van der Waals surface area contributed by atoms with Crippen molar-refractivity contribution in [3.8, 4) is 0 Å². The molecule has 6 heteroatoms. The summed E-state index contributed by atoms with van der Waals surface area (Å²) in [7, 11) is 0.